The Hall–Kier alpha value is -2.63. The predicted molar refractivity (Wildman–Crippen MR) is 98.0 cm³/mol. The predicted octanol–water partition coefficient (Wildman–Crippen LogP) is 3.62. The number of nitrogens with one attached hydrogen (secondary N) is 1. The maximum atomic E-state index is 12.7. The maximum Gasteiger partial charge on any atom is 0.263 e. The van der Waals surface area contributed by atoms with Crippen LogP contribution in [0.5, 0.6) is 0 Å². The average molecular weight is 417 g/mol. The zero-order chi connectivity index (χ0) is 18.0. The van der Waals surface area contributed by atoms with Gasteiger partial charge >= 0.3 is 0 Å². The Balaban J connectivity index is 2.02. The number of rotatable bonds is 4. The number of nitriles is 1. The van der Waals surface area contributed by atoms with Crippen LogP contribution in [0, 0.1) is 18.3 Å². The molecule has 1 N–H and O–H groups in total. The third-order valence-electron chi connectivity index (χ3n) is 3.40. The summed E-state index contributed by atoms with van der Waals surface area (Å²) in [7, 11) is -3.85. The van der Waals surface area contributed by atoms with E-state index in [0.717, 1.165) is 4.47 Å². The molecule has 3 aromatic rings. The van der Waals surface area contributed by atoms with Crippen LogP contribution >= 0.6 is 15.9 Å². The standard InChI is InChI=1S/C17H13BrN4O2S/c1-12-8-17(22(20-12)15-6-3-5-14(18)10-15)21-25(23,24)16-7-2-4-13(9-16)11-19/h2-10,21H,1H3. The van der Waals surface area contributed by atoms with E-state index in [9.17, 15) is 8.42 Å². The first-order valence-electron chi connectivity index (χ1n) is 7.25. The van der Waals surface area contributed by atoms with Gasteiger partial charge in [-0.25, -0.2) is 13.1 Å². The van der Waals surface area contributed by atoms with Crippen molar-refractivity contribution >= 4 is 31.8 Å². The second kappa shape index (κ2) is 6.70. The normalized spacial score (nSPS) is 11.1. The molecular formula is C17H13BrN4O2S. The Morgan fingerprint density at radius 2 is 1.92 bits per heavy atom. The second-order valence-corrected chi connectivity index (χ2v) is 7.91. The lowest BCUT2D eigenvalue weighted by molar-refractivity contribution is 0.600. The highest BCUT2D eigenvalue weighted by molar-refractivity contribution is 9.10. The molecule has 0 radical (unpaired) electrons. The van der Waals surface area contributed by atoms with Gasteiger partial charge in [0.2, 0.25) is 0 Å². The minimum Gasteiger partial charge on any atom is -0.263 e. The number of anilines is 1. The third-order valence-corrected chi connectivity index (χ3v) is 5.24. The number of sulfonamides is 1. The van der Waals surface area contributed by atoms with E-state index in [0.29, 0.717) is 17.2 Å². The highest BCUT2D eigenvalue weighted by atomic mass is 79.9. The summed E-state index contributed by atoms with van der Waals surface area (Å²) in [5.74, 6) is 0.318. The van der Waals surface area contributed by atoms with E-state index in [-0.39, 0.29) is 10.5 Å². The summed E-state index contributed by atoms with van der Waals surface area (Å²) in [5.41, 5.74) is 1.66. The number of aryl methyl sites for hydroxylation is 1. The van der Waals surface area contributed by atoms with Crippen LogP contribution < -0.4 is 4.72 Å². The van der Waals surface area contributed by atoms with Crippen molar-refractivity contribution in [1.82, 2.24) is 9.78 Å². The molecule has 0 unspecified atom stereocenters. The topological polar surface area (TPSA) is 87.8 Å². The number of hydrogen-bond acceptors (Lipinski definition) is 4. The van der Waals surface area contributed by atoms with E-state index < -0.39 is 10.0 Å². The van der Waals surface area contributed by atoms with E-state index in [1.165, 1.54) is 22.9 Å². The number of nitrogens with zero attached hydrogens (tertiary/aromatic N) is 3. The van der Waals surface area contributed by atoms with Crippen molar-refractivity contribution in [2.75, 3.05) is 4.72 Å². The van der Waals surface area contributed by atoms with Crippen LogP contribution in [0.3, 0.4) is 0 Å². The van der Waals surface area contributed by atoms with Crippen molar-refractivity contribution in [2.24, 2.45) is 0 Å². The lowest BCUT2D eigenvalue weighted by atomic mass is 10.2. The molecule has 0 amide bonds. The van der Waals surface area contributed by atoms with E-state index in [1.807, 2.05) is 30.3 Å². The monoisotopic (exact) mass is 416 g/mol. The fourth-order valence-corrected chi connectivity index (χ4v) is 3.77. The molecule has 0 fully saturated rings. The summed E-state index contributed by atoms with van der Waals surface area (Å²) in [6, 6.07) is 16.8. The van der Waals surface area contributed by atoms with Crippen LogP contribution in [-0.2, 0) is 10.0 Å². The van der Waals surface area contributed by atoms with E-state index in [1.54, 1.807) is 19.1 Å². The Labute approximate surface area is 153 Å². The summed E-state index contributed by atoms with van der Waals surface area (Å²) in [4.78, 5) is 0.0196. The van der Waals surface area contributed by atoms with Crippen LogP contribution in [0.2, 0.25) is 0 Å². The van der Waals surface area contributed by atoms with Gasteiger partial charge in [0.1, 0.15) is 5.82 Å². The molecule has 6 nitrogen and oxygen atoms in total. The summed E-state index contributed by atoms with van der Waals surface area (Å²) in [5, 5.41) is 13.3. The van der Waals surface area contributed by atoms with Gasteiger partial charge in [0, 0.05) is 10.5 Å². The molecule has 1 aromatic heterocycles. The Morgan fingerprint density at radius 1 is 1.16 bits per heavy atom. The number of hydrogen-bond donors (Lipinski definition) is 1. The highest BCUT2D eigenvalue weighted by Gasteiger charge is 2.18. The van der Waals surface area contributed by atoms with Crippen LogP contribution in [0.15, 0.2) is 64.0 Å². The van der Waals surface area contributed by atoms with Gasteiger partial charge in [-0.05, 0) is 43.3 Å². The van der Waals surface area contributed by atoms with Gasteiger partial charge in [-0.2, -0.15) is 10.4 Å². The summed E-state index contributed by atoms with van der Waals surface area (Å²) in [6.07, 6.45) is 0. The van der Waals surface area contributed by atoms with Gasteiger partial charge in [-0.15, -0.1) is 0 Å². The molecule has 25 heavy (non-hydrogen) atoms. The summed E-state index contributed by atoms with van der Waals surface area (Å²) >= 11 is 3.39. The van der Waals surface area contributed by atoms with E-state index >= 15 is 0 Å². The molecule has 0 aliphatic heterocycles. The largest absolute Gasteiger partial charge is 0.263 e. The van der Waals surface area contributed by atoms with Crippen molar-refractivity contribution in [2.45, 2.75) is 11.8 Å². The van der Waals surface area contributed by atoms with Crippen LogP contribution in [-0.4, -0.2) is 18.2 Å². The number of aromatic nitrogens is 2. The third kappa shape index (κ3) is 3.73. The van der Waals surface area contributed by atoms with Gasteiger partial charge in [0.05, 0.1) is 27.9 Å². The Morgan fingerprint density at radius 3 is 2.64 bits per heavy atom. The van der Waals surface area contributed by atoms with Crippen molar-refractivity contribution in [3.8, 4) is 11.8 Å². The molecule has 8 heteroatoms. The van der Waals surface area contributed by atoms with Gasteiger partial charge in [-0.3, -0.25) is 4.72 Å². The zero-order valence-electron chi connectivity index (χ0n) is 13.1. The van der Waals surface area contributed by atoms with Gasteiger partial charge < -0.3 is 0 Å². The average Bonchev–Trinajstić information content (AvgIpc) is 2.94. The molecule has 3 rings (SSSR count). The fraction of sp³-hybridized carbons (Fsp3) is 0.0588. The smallest absolute Gasteiger partial charge is 0.263 e. The van der Waals surface area contributed by atoms with Crippen molar-refractivity contribution in [1.29, 1.82) is 5.26 Å². The second-order valence-electron chi connectivity index (χ2n) is 5.31. The number of benzene rings is 2. The minimum atomic E-state index is -3.85. The van der Waals surface area contributed by atoms with Crippen molar-refractivity contribution in [3.05, 3.63) is 70.3 Å². The first-order chi connectivity index (χ1) is 11.9. The molecule has 0 aliphatic rings. The van der Waals surface area contributed by atoms with Crippen molar-refractivity contribution in [3.63, 3.8) is 0 Å². The number of halogens is 1. The van der Waals surface area contributed by atoms with Gasteiger partial charge in [0.15, 0.2) is 0 Å². The molecular weight excluding hydrogens is 404 g/mol. The van der Waals surface area contributed by atoms with Gasteiger partial charge in [0.25, 0.3) is 10.0 Å². The van der Waals surface area contributed by atoms with E-state index in [4.69, 9.17) is 5.26 Å². The molecule has 2 aromatic carbocycles. The molecule has 0 atom stereocenters. The SMILES string of the molecule is Cc1cc(NS(=O)(=O)c2cccc(C#N)c2)n(-c2cccc(Br)c2)n1. The highest BCUT2D eigenvalue weighted by Crippen LogP contribution is 2.23. The maximum absolute atomic E-state index is 12.7. The minimum absolute atomic E-state index is 0.0196. The molecule has 0 saturated carbocycles. The zero-order valence-corrected chi connectivity index (χ0v) is 15.5. The first kappa shape index (κ1) is 17.2. The fourth-order valence-electron chi connectivity index (χ4n) is 2.31. The van der Waals surface area contributed by atoms with E-state index in [2.05, 4.69) is 25.8 Å². The summed E-state index contributed by atoms with van der Waals surface area (Å²) in [6.45, 7) is 1.78. The molecule has 0 aliphatic carbocycles. The molecule has 1 heterocycles. The van der Waals surface area contributed by atoms with Crippen LogP contribution in [0.1, 0.15) is 11.3 Å². The molecule has 0 spiro atoms. The first-order valence-corrected chi connectivity index (χ1v) is 9.52. The quantitative estimate of drug-likeness (QED) is 0.703. The molecule has 0 bridgehead atoms. The summed E-state index contributed by atoms with van der Waals surface area (Å²) < 4.78 is 30.2. The molecule has 126 valence electrons. The Kier molecular flexibility index (Phi) is 4.61. The van der Waals surface area contributed by atoms with Gasteiger partial charge in [-0.1, -0.05) is 28.1 Å². The lowest BCUT2D eigenvalue weighted by Gasteiger charge is -2.11. The van der Waals surface area contributed by atoms with Crippen LogP contribution in [0.25, 0.3) is 5.69 Å². The Bertz CT molecular complexity index is 1080. The van der Waals surface area contributed by atoms with Crippen molar-refractivity contribution < 1.29 is 8.42 Å². The molecule has 0 saturated heterocycles. The lowest BCUT2D eigenvalue weighted by Crippen LogP contribution is -2.16. The van der Waals surface area contributed by atoms with Crippen LogP contribution in [0.4, 0.5) is 5.82 Å².